The summed E-state index contributed by atoms with van der Waals surface area (Å²) in [6, 6.07) is 13.5. The first-order valence-electron chi connectivity index (χ1n) is 7.93. The van der Waals surface area contributed by atoms with Gasteiger partial charge in [0.1, 0.15) is 19.0 Å². The Labute approximate surface area is 144 Å². The average Bonchev–Trinajstić information content (AvgIpc) is 2.61. The van der Waals surface area contributed by atoms with E-state index in [1.165, 1.54) is 0 Å². The molecule has 0 bridgehead atoms. The highest BCUT2D eigenvalue weighted by Crippen LogP contribution is 2.31. The van der Waals surface area contributed by atoms with Crippen molar-refractivity contribution < 1.29 is 9.47 Å². The summed E-state index contributed by atoms with van der Waals surface area (Å²) in [5, 5.41) is 0.807. The zero-order valence-corrected chi connectivity index (χ0v) is 13.5. The normalized spacial score (nSPS) is 12.8. The smallest absolute Gasteiger partial charge is 0.192 e. The molecule has 3 aromatic rings. The molecule has 4 N–H and O–H groups in total. The van der Waals surface area contributed by atoms with Crippen LogP contribution in [0.1, 0.15) is 11.4 Å². The Hall–Kier alpha value is -3.35. The molecule has 0 unspecified atom stereocenters. The molecule has 4 rings (SSSR count). The van der Waals surface area contributed by atoms with Crippen molar-refractivity contribution in [3.05, 3.63) is 53.9 Å². The number of para-hydroxylation sites is 1. The van der Waals surface area contributed by atoms with Crippen LogP contribution in [0.4, 0.5) is 5.82 Å². The van der Waals surface area contributed by atoms with Gasteiger partial charge in [-0.15, -0.1) is 0 Å². The SMILES string of the molecule is NC(N)=Nc1nc(Cc2ccc3c(c2)OCCO3)nc2ccccc12. The van der Waals surface area contributed by atoms with Crippen molar-refractivity contribution in [3.8, 4) is 11.5 Å². The summed E-state index contributed by atoms with van der Waals surface area (Å²) in [6.07, 6.45) is 0.536. The Morgan fingerprint density at radius 2 is 1.80 bits per heavy atom. The Kier molecular flexibility index (Phi) is 3.81. The summed E-state index contributed by atoms with van der Waals surface area (Å²) in [4.78, 5) is 13.3. The lowest BCUT2D eigenvalue weighted by Gasteiger charge is -2.18. The van der Waals surface area contributed by atoms with Gasteiger partial charge in [-0.05, 0) is 29.8 Å². The second-order valence-electron chi connectivity index (χ2n) is 5.67. The third-order valence-electron chi connectivity index (χ3n) is 3.83. The third-order valence-corrected chi connectivity index (χ3v) is 3.83. The molecule has 0 amide bonds. The number of ether oxygens (including phenoxy) is 2. The highest BCUT2D eigenvalue weighted by molar-refractivity contribution is 5.91. The van der Waals surface area contributed by atoms with Gasteiger partial charge >= 0.3 is 0 Å². The lowest BCUT2D eigenvalue weighted by molar-refractivity contribution is 0.171. The second-order valence-corrected chi connectivity index (χ2v) is 5.67. The van der Waals surface area contributed by atoms with Crippen LogP contribution in [0.2, 0.25) is 0 Å². The van der Waals surface area contributed by atoms with E-state index < -0.39 is 0 Å². The van der Waals surface area contributed by atoms with Gasteiger partial charge in [0.15, 0.2) is 23.3 Å². The van der Waals surface area contributed by atoms with Crippen molar-refractivity contribution in [2.45, 2.75) is 6.42 Å². The molecule has 0 spiro atoms. The van der Waals surface area contributed by atoms with Crippen LogP contribution < -0.4 is 20.9 Å². The first kappa shape index (κ1) is 15.2. The number of aromatic nitrogens is 2. The van der Waals surface area contributed by atoms with E-state index in [9.17, 15) is 0 Å². The number of hydrogen-bond donors (Lipinski definition) is 2. The molecule has 2 aromatic carbocycles. The van der Waals surface area contributed by atoms with Crippen LogP contribution in [0.5, 0.6) is 11.5 Å². The molecule has 0 radical (unpaired) electrons. The van der Waals surface area contributed by atoms with Crippen molar-refractivity contribution in [1.82, 2.24) is 9.97 Å². The van der Waals surface area contributed by atoms with E-state index in [1.54, 1.807) is 0 Å². The number of nitrogens with zero attached hydrogens (tertiary/aromatic N) is 3. The van der Waals surface area contributed by atoms with Crippen LogP contribution in [0.15, 0.2) is 47.5 Å². The van der Waals surface area contributed by atoms with Crippen LogP contribution in [-0.4, -0.2) is 29.1 Å². The molecule has 0 aliphatic carbocycles. The van der Waals surface area contributed by atoms with Gasteiger partial charge in [-0.1, -0.05) is 18.2 Å². The van der Waals surface area contributed by atoms with Crippen LogP contribution >= 0.6 is 0 Å². The molecule has 0 saturated carbocycles. The zero-order chi connectivity index (χ0) is 17.2. The van der Waals surface area contributed by atoms with Gasteiger partial charge in [0.25, 0.3) is 0 Å². The van der Waals surface area contributed by atoms with Crippen molar-refractivity contribution in [3.63, 3.8) is 0 Å². The third kappa shape index (κ3) is 3.16. The summed E-state index contributed by atoms with van der Waals surface area (Å²) < 4.78 is 11.2. The molecule has 0 fully saturated rings. The molecular weight excluding hydrogens is 318 g/mol. The van der Waals surface area contributed by atoms with Crippen LogP contribution in [0.25, 0.3) is 10.9 Å². The summed E-state index contributed by atoms with van der Waals surface area (Å²) in [6.45, 7) is 1.12. The highest BCUT2D eigenvalue weighted by atomic mass is 16.6. The molecule has 0 atom stereocenters. The van der Waals surface area contributed by atoms with Gasteiger partial charge in [0, 0.05) is 11.8 Å². The molecule has 7 heteroatoms. The Balaban J connectivity index is 1.73. The fourth-order valence-corrected chi connectivity index (χ4v) is 2.77. The maximum Gasteiger partial charge on any atom is 0.192 e. The van der Waals surface area contributed by atoms with E-state index in [1.807, 2.05) is 42.5 Å². The summed E-state index contributed by atoms with van der Waals surface area (Å²) in [5.74, 6) is 2.58. The predicted molar refractivity (Wildman–Crippen MR) is 95.2 cm³/mol. The quantitative estimate of drug-likeness (QED) is 0.559. The van der Waals surface area contributed by atoms with E-state index in [4.69, 9.17) is 20.9 Å². The van der Waals surface area contributed by atoms with Crippen molar-refractivity contribution in [2.75, 3.05) is 13.2 Å². The minimum Gasteiger partial charge on any atom is -0.486 e. The molecule has 1 aliphatic heterocycles. The summed E-state index contributed by atoms with van der Waals surface area (Å²) in [7, 11) is 0. The Morgan fingerprint density at radius 3 is 2.64 bits per heavy atom. The first-order valence-corrected chi connectivity index (χ1v) is 7.93. The van der Waals surface area contributed by atoms with Crippen LogP contribution in [-0.2, 0) is 6.42 Å². The van der Waals surface area contributed by atoms with Gasteiger partial charge in [0.05, 0.1) is 5.52 Å². The minimum absolute atomic E-state index is 0.0332. The lowest BCUT2D eigenvalue weighted by Crippen LogP contribution is -2.22. The van der Waals surface area contributed by atoms with E-state index in [0.717, 1.165) is 28.0 Å². The second kappa shape index (κ2) is 6.27. The number of fused-ring (bicyclic) bond motifs is 2. The predicted octanol–water partition coefficient (Wildman–Crippen LogP) is 1.90. The molecule has 7 nitrogen and oxygen atoms in total. The van der Waals surface area contributed by atoms with Gasteiger partial charge in [0.2, 0.25) is 0 Å². The van der Waals surface area contributed by atoms with Gasteiger partial charge in [-0.2, -0.15) is 4.99 Å². The van der Waals surface area contributed by atoms with E-state index in [2.05, 4.69) is 15.0 Å². The fourth-order valence-electron chi connectivity index (χ4n) is 2.77. The molecule has 25 heavy (non-hydrogen) atoms. The monoisotopic (exact) mass is 335 g/mol. The minimum atomic E-state index is -0.0332. The van der Waals surface area contributed by atoms with Crippen molar-refractivity contribution in [1.29, 1.82) is 0 Å². The van der Waals surface area contributed by atoms with Crippen LogP contribution in [0.3, 0.4) is 0 Å². The largest absolute Gasteiger partial charge is 0.486 e. The summed E-state index contributed by atoms with van der Waals surface area (Å²) in [5.41, 5.74) is 12.9. The first-order chi connectivity index (χ1) is 12.2. The molecule has 2 heterocycles. The molecule has 0 saturated heterocycles. The zero-order valence-electron chi connectivity index (χ0n) is 13.5. The standard InChI is InChI=1S/C18H17N5O2/c19-18(20)23-17-12-3-1-2-4-13(12)21-16(22-17)10-11-5-6-14-15(9-11)25-8-7-24-14/h1-6,9H,7-8,10H2,(H4,19,20,21,22,23). The Bertz CT molecular complexity index is 967. The maximum atomic E-state index is 5.63. The van der Waals surface area contributed by atoms with Crippen LogP contribution in [0, 0.1) is 0 Å². The number of aliphatic imine (C=N–C) groups is 1. The van der Waals surface area contributed by atoms with Gasteiger partial charge in [-0.3, -0.25) is 0 Å². The van der Waals surface area contributed by atoms with Crippen molar-refractivity contribution in [2.24, 2.45) is 16.5 Å². The van der Waals surface area contributed by atoms with E-state index in [0.29, 0.717) is 31.3 Å². The Morgan fingerprint density at radius 1 is 1.00 bits per heavy atom. The highest BCUT2D eigenvalue weighted by Gasteiger charge is 2.13. The number of rotatable bonds is 3. The van der Waals surface area contributed by atoms with E-state index in [-0.39, 0.29) is 5.96 Å². The molecule has 1 aliphatic rings. The topological polar surface area (TPSA) is 109 Å². The molecule has 126 valence electrons. The fraction of sp³-hybridized carbons (Fsp3) is 0.167. The molecular formula is C18H17N5O2. The lowest BCUT2D eigenvalue weighted by atomic mass is 10.1. The maximum absolute atomic E-state index is 5.63. The van der Waals surface area contributed by atoms with Gasteiger partial charge in [-0.25, -0.2) is 9.97 Å². The van der Waals surface area contributed by atoms with Gasteiger partial charge < -0.3 is 20.9 Å². The summed E-state index contributed by atoms with van der Waals surface area (Å²) >= 11 is 0. The van der Waals surface area contributed by atoms with Crippen molar-refractivity contribution >= 4 is 22.7 Å². The number of hydrogen-bond acceptors (Lipinski definition) is 5. The number of benzene rings is 2. The molecule has 1 aromatic heterocycles. The average molecular weight is 335 g/mol. The van der Waals surface area contributed by atoms with E-state index >= 15 is 0 Å². The number of nitrogens with two attached hydrogens (primary N) is 2. The number of guanidine groups is 1.